The predicted molar refractivity (Wildman–Crippen MR) is 76.4 cm³/mol. The minimum absolute atomic E-state index is 0.151. The average Bonchev–Trinajstić information content (AvgIpc) is 2.87. The van der Waals surface area contributed by atoms with Gasteiger partial charge in [-0.1, -0.05) is 11.3 Å². The molecule has 1 amide bonds. The standard InChI is InChI=1S/C10H17N5O4S2/c1-6(11)8-5-15(3-4-19-8)21(17,18)10-14-13-9(20-10)12-7(2)16/h6,8H,3-5,11H2,1-2H3,(H,12,13,16). The Morgan fingerprint density at radius 2 is 2.29 bits per heavy atom. The molecular formula is C10H17N5O4S2. The highest BCUT2D eigenvalue weighted by atomic mass is 32.2. The van der Waals surface area contributed by atoms with Crippen LogP contribution >= 0.6 is 11.3 Å². The summed E-state index contributed by atoms with van der Waals surface area (Å²) >= 11 is 0.816. The highest BCUT2D eigenvalue weighted by Crippen LogP contribution is 2.24. The number of rotatable bonds is 4. The molecule has 0 bridgehead atoms. The maximum atomic E-state index is 12.5. The Kier molecular flexibility index (Phi) is 4.88. The number of carbonyl (C=O) groups is 1. The fraction of sp³-hybridized carbons (Fsp3) is 0.700. The highest BCUT2D eigenvalue weighted by Gasteiger charge is 2.34. The number of nitrogens with two attached hydrogens (primary N) is 1. The van der Waals surface area contributed by atoms with Crippen LogP contribution in [0.5, 0.6) is 0 Å². The average molecular weight is 335 g/mol. The van der Waals surface area contributed by atoms with Gasteiger partial charge in [0.1, 0.15) is 0 Å². The summed E-state index contributed by atoms with van der Waals surface area (Å²) in [4.78, 5) is 10.9. The second-order valence-corrected chi connectivity index (χ2v) is 7.77. The van der Waals surface area contributed by atoms with Crippen molar-refractivity contribution in [3.63, 3.8) is 0 Å². The summed E-state index contributed by atoms with van der Waals surface area (Å²) in [5.41, 5.74) is 5.75. The number of sulfonamides is 1. The van der Waals surface area contributed by atoms with Crippen molar-refractivity contribution in [1.82, 2.24) is 14.5 Å². The van der Waals surface area contributed by atoms with Crippen molar-refractivity contribution in [3.8, 4) is 0 Å². The van der Waals surface area contributed by atoms with Crippen molar-refractivity contribution in [3.05, 3.63) is 0 Å². The molecule has 0 aromatic carbocycles. The molecule has 0 spiro atoms. The van der Waals surface area contributed by atoms with Crippen LogP contribution in [0.3, 0.4) is 0 Å². The van der Waals surface area contributed by atoms with E-state index in [1.807, 2.05) is 0 Å². The first-order valence-electron chi connectivity index (χ1n) is 6.29. The van der Waals surface area contributed by atoms with Gasteiger partial charge < -0.3 is 15.8 Å². The second-order valence-electron chi connectivity index (χ2n) is 4.69. The molecule has 11 heteroatoms. The molecule has 2 atom stereocenters. The summed E-state index contributed by atoms with van der Waals surface area (Å²) in [5.74, 6) is -0.335. The molecule has 2 heterocycles. The lowest BCUT2D eigenvalue weighted by atomic mass is 10.2. The van der Waals surface area contributed by atoms with Crippen molar-refractivity contribution >= 4 is 32.4 Å². The maximum Gasteiger partial charge on any atom is 0.272 e. The largest absolute Gasteiger partial charge is 0.374 e. The topological polar surface area (TPSA) is 128 Å². The molecule has 0 saturated carbocycles. The third kappa shape index (κ3) is 3.74. The Bertz CT molecular complexity index is 615. The molecule has 1 aliphatic rings. The molecule has 21 heavy (non-hydrogen) atoms. The summed E-state index contributed by atoms with van der Waals surface area (Å²) in [6.07, 6.45) is -0.351. The van der Waals surface area contributed by atoms with E-state index in [1.165, 1.54) is 11.2 Å². The first kappa shape index (κ1) is 16.2. The predicted octanol–water partition coefficient (Wildman–Crippen LogP) is -0.767. The number of nitrogens with one attached hydrogen (secondary N) is 1. The number of hydrogen-bond acceptors (Lipinski definition) is 8. The fourth-order valence-corrected chi connectivity index (χ4v) is 4.33. The number of ether oxygens (including phenoxy) is 1. The van der Waals surface area contributed by atoms with E-state index in [9.17, 15) is 13.2 Å². The molecule has 1 saturated heterocycles. The highest BCUT2D eigenvalue weighted by molar-refractivity contribution is 7.91. The third-order valence-corrected chi connectivity index (χ3v) is 5.94. The zero-order valence-corrected chi connectivity index (χ0v) is 13.3. The smallest absolute Gasteiger partial charge is 0.272 e. The Morgan fingerprint density at radius 3 is 2.90 bits per heavy atom. The molecule has 0 radical (unpaired) electrons. The normalized spacial score (nSPS) is 22.0. The van der Waals surface area contributed by atoms with E-state index in [4.69, 9.17) is 10.5 Å². The number of nitrogens with zero attached hydrogens (tertiary/aromatic N) is 3. The van der Waals surface area contributed by atoms with Crippen LogP contribution in [0.4, 0.5) is 5.13 Å². The van der Waals surface area contributed by atoms with E-state index < -0.39 is 10.0 Å². The van der Waals surface area contributed by atoms with E-state index in [0.29, 0.717) is 0 Å². The second kappa shape index (κ2) is 6.32. The van der Waals surface area contributed by atoms with E-state index in [0.717, 1.165) is 11.3 Å². The van der Waals surface area contributed by atoms with Gasteiger partial charge in [-0.3, -0.25) is 4.79 Å². The van der Waals surface area contributed by atoms with E-state index >= 15 is 0 Å². The number of amides is 1. The van der Waals surface area contributed by atoms with Crippen LogP contribution in [0.15, 0.2) is 4.34 Å². The van der Waals surface area contributed by atoms with Crippen LogP contribution in [-0.2, 0) is 19.6 Å². The molecule has 2 unspecified atom stereocenters. The molecule has 118 valence electrons. The van der Waals surface area contributed by atoms with Gasteiger partial charge >= 0.3 is 0 Å². The van der Waals surface area contributed by atoms with Crippen molar-refractivity contribution in [2.75, 3.05) is 25.0 Å². The van der Waals surface area contributed by atoms with Gasteiger partial charge in [0, 0.05) is 26.1 Å². The summed E-state index contributed by atoms with van der Waals surface area (Å²) in [6, 6.07) is -0.271. The molecule has 1 fully saturated rings. The summed E-state index contributed by atoms with van der Waals surface area (Å²) < 4.78 is 31.5. The van der Waals surface area contributed by atoms with Gasteiger partial charge in [0.05, 0.1) is 12.7 Å². The molecule has 0 aliphatic carbocycles. The van der Waals surface area contributed by atoms with Crippen molar-refractivity contribution < 1.29 is 17.9 Å². The molecule has 1 aromatic heterocycles. The van der Waals surface area contributed by atoms with Gasteiger partial charge in [-0.25, -0.2) is 8.42 Å². The molecule has 3 N–H and O–H groups in total. The van der Waals surface area contributed by atoms with Crippen molar-refractivity contribution in [2.24, 2.45) is 5.73 Å². The van der Waals surface area contributed by atoms with Gasteiger partial charge in [0.25, 0.3) is 10.0 Å². The summed E-state index contributed by atoms with van der Waals surface area (Å²) in [6.45, 7) is 3.77. The zero-order chi connectivity index (χ0) is 15.6. The number of morpholine rings is 1. The van der Waals surface area contributed by atoms with Crippen molar-refractivity contribution in [2.45, 2.75) is 30.3 Å². The third-order valence-electron chi connectivity index (χ3n) is 2.89. The van der Waals surface area contributed by atoms with Crippen LogP contribution < -0.4 is 11.1 Å². The Balaban J connectivity index is 2.17. The van der Waals surface area contributed by atoms with Gasteiger partial charge in [-0.15, -0.1) is 10.2 Å². The first-order chi connectivity index (χ1) is 9.80. The van der Waals surface area contributed by atoms with Crippen LogP contribution in [0.1, 0.15) is 13.8 Å². The maximum absolute atomic E-state index is 12.5. The van der Waals surface area contributed by atoms with E-state index in [2.05, 4.69) is 15.5 Å². The summed E-state index contributed by atoms with van der Waals surface area (Å²) in [5, 5.41) is 9.84. The number of anilines is 1. The van der Waals surface area contributed by atoms with Gasteiger partial charge in [-0.2, -0.15) is 4.31 Å². The van der Waals surface area contributed by atoms with Crippen molar-refractivity contribution in [1.29, 1.82) is 0 Å². The lowest BCUT2D eigenvalue weighted by molar-refractivity contribution is -0.114. The molecule has 9 nitrogen and oxygen atoms in total. The zero-order valence-electron chi connectivity index (χ0n) is 11.6. The lowest BCUT2D eigenvalue weighted by Gasteiger charge is -2.33. The van der Waals surface area contributed by atoms with E-state index in [1.54, 1.807) is 6.92 Å². The molecule has 2 rings (SSSR count). The quantitative estimate of drug-likeness (QED) is 0.692. The lowest BCUT2D eigenvalue weighted by Crippen LogP contribution is -2.51. The number of aromatic nitrogens is 2. The molecular weight excluding hydrogens is 318 g/mol. The van der Waals surface area contributed by atoms with Gasteiger partial charge in [-0.05, 0) is 6.92 Å². The minimum Gasteiger partial charge on any atom is -0.374 e. The Morgan fingerprint density at radius 1 is 1.57 bits per heavy atom. The minimum atomic E-state index is -3.75. The van der Waals surface area contributed by atoms with Crippen LogP contribution in [-0.4, -0.2) is 60.7 Å². The monoisotopic (exact) mass is 335 g/mol. The van der Waals surface area contributed by atoms with Crippen LogP contribution in [0.25, 0.3) is 0 Å². The van der Waals surface area contributed by atoms with Crippen LogP contribution in [0.2, 0.25) is 0 Å². The number of carbonyl (C=O) groups excluding carboxylic acids is 1. The van der Waals surface area contributed by atoms with Gasteiger partial charge in [0.15, 0.2) is 0 Å². The van der Waals surface area contributed by atoms with Gasteiger partial charge in [0.2, 0.25) is 15.4 Å². The Labute approximate surface area is 126 Å². The first-order valence-corrected chi connectivity index (χ1v) is 8.55. The molecule has 1 aliphatic heterocycles. The fourth-order valence-electron chi connectivity index (χ4n) is 1.81. The summed E-state index contributed by atoms with van der Waals surface area (Å²) in [7, 11) is -3.75. The SMILES string of the molecule is CC(=O)Nc1nnc(S(=O)(=O)N2CCOC(C(C)N)C2)s1. The number of hydrogen-bond donors (Lipinski definition) is 2. The Hall–Kier alpha value is -1.14. The van der Waals surface area contributed by atoms with Crippen LogP contribution in [0, 0.1) is 0 Å². The van der Waals surface area contributed by atoms with E-state index in [-0.39, 0.29) is 47.2 Å². The molecule has 1 aromatic rings.